The molecule has 2 aromatic rings. The molecule has 86 valence electrons. The number of nitrogens with zero attached hydrogens (tertiary/aromatic N) is 2. The van der Waals surface area contributed by atoms with Crippen LogP contribution in [0.5, 0.6) is 0 Å². The Morgan fingerprint density at radius 1 is 1.41 bits per heavy atom. The number of aromatic nitrogens is 2. The maximum absolute atomic E-state index is 11.8. The SMILES string of the molecule is O=C(Nc1ccccn1)c1cc(C2CC2)on1. The normalized spacial score (nSPS) is 14.6. The zero-order valence-corrected chi connectivity index (χ0v) is 9.09. The molecule has 1 N–H and O–H groups in total. The summed E-state index contributed by atoms with van der Waals surface area (Å²) in [5.41, 5.74) is 0.303. The molecule has 5 nitrogen and oxygen atoms in total. The summed E-state index contributed by atoms with van der Waals surface area (Å²) in [6, 6.07) is 7.02. The fourth-order valence-electron chi connectivity index (χ4n) is 1.57. The molecule has 1 fully saturated rings. The number of hydrogen-bond acceptors (Lipinski definition) is 4. The second-order valence-corrected chi connectivity index (χ2v) is 4.06. The van der Waals surface area contributed by atoms with Gasteiger partial charge in [-0.2, -0.15) is 0 Å². The third kappa shape index (κ3) is 2.18. The van der Waals surface area contributed by atoms with Crippen LogP contribution in [0, 0.1) is 0 Å². The summed E-state index contributed by atoms with van der Waals surface area (Å²) in [4.78, 5) is 15.8. The number of amides is 1. The summed E-state index contributed by atoms with van der Waals surface area (Å²) in [6.07, 6.45) is 3.86. The molecular weight excluding hydrogens is 218 g/mol. The Balaban J connectivity index is 1.72. The summed E-state index contributed by atoms with van der Waals surface area (Å²) >= 11 is 0. The molecule has 0 saturated heterocycles. The van der Waals surface area contributed by atoms with E-state index in [9.17, 15) is 4.79 Å². The van der Waals surface area contributed by atoms with E-state index in [1.165, 1.54) is 0 Å². The van der Waals surface area contributed by atoms with Crippen molar-refractivity contribution < 1.29 is 9.32 Å². The van der Waals surface area contributed by atoms with Crippen molar-refractivity contribution in [1.29, 1.82) is 0 Å². The Hall–Kier alpha value is -2.17. The molecule has 2 heterocycles. The fourth-order valence-corrected chi connectivity index (χ4v) is 1.57. The van der Waals surface area contributed by atoms with E-state index in [0.29, 0.717) is 17.4 Å². The molecule has 0 aliphatic heterocycles. The molecule has 0 atom stereocenters. The van der Waals surface area contributed by atoms with Crippen LogP contribution in [0.15, 0.2) is 35.0 Å². The number of pyridine rings is 1. The topological polar surface area (TPSA) is 68.0 Å². The van der Waals surface area contributed by atoms with Gasteiger partial charge in [0.15, 0.2) is 5.69 Å². The number of nitrogens with one attached hydrogen (secondary N) is 1. The van der Waals surface area contributed by atoms with Crippen LogP contribution in [0.3, 0.4) is 0 Å². The van der Waals surface area contributed by atoms with E-state index in [1.54, 1.807) is 30.5 Å². The quantitative estimate of drug-likeness (QED) is 0.876. The standard InChI is InChI=1S/C12H11N3O2/c16-12(14-11-3-1-2-6-13-11)9-7-10(17-15-9)8-4-5-8/h1-3,6-8H,4-5H2,(H,13,14,16). The minimum Gasteiger partial charge on any atom is -0.360 e. The van der Waals surface area contributed by atoms with Gasteiger partial charge >= 0.3 is 0 Å². The second-order valence-electron chi connectivity index (χ2n) is 4.06. The van der Waals surface area contributed by atoms with E-state index in [-0.39, 0.29) is 5.91 Å². The lowest BCUT2D eigenvalue weighted by atomic mass is 10.3. The zero-order valence-electron chi connectivity index (χ0n) is 9.09. The van der Waals surface area contributed by atoms with E-state index >= 15 is 0 Å². The first kappa shape index (κ1) is 10.0. The van der Waals surface area contributed by atoms with E-state index in [1.807, 2.05) is 0 Å². The van der Waals surface area contributed by atoms with Gasteiger partial charge in [0.2, 0.25) is 0 Å². The lowest BCUT2D eigenvalue weighted by molar-refractivity contribution is 0.101. The molecule has 0 aromatic carbocycles. The van der Waals surface area contributed by atoms with Crippen molar-refractivity contribution in [3.63, 3.8) is 0 Å². The first-order valence-electron chi connectivity index (χ1n) is 5.52. The van der Waals surface area contributed by atoms with Crippen LogP contribution in [0.25, 0.3) is 0 Å². The zero-order chi connectivity index (χ0) is 11.7. The molecule has 0 unspecified atom stereocenters. The van der Waals surface area contributed by atoms with Gasteiger partial charge in [0, 0.05) is 18.2 Å². The largest absolute Gasteiger partial charge is 0.360 e. The van der Waals surface area contributed by atoms with Crippen molar-refractivity contribution >= 4 is 11.7 Å². The third-order valence-corrected chi connectivity index (χ3v) is 2.65. The van der Waals surface area contributed by atoms with Gasteiger partial charge in [-0.05, 0) is 25.0 Å². The highest BCUT2D eigenvalue weighted by atomic mass is 16.5. The Morgan fingerprint density at radius 3 is 3.00 bits per heavy atom. The van der Waals surface area contributed by atoms with Crippen LogP contribution in [0.1, 0.15) is 35.0 Å². The van der Waals surface area contributed by atoms with Gasteiger partial charge in [-0.1, -0.05) is 11.2 Å². The molecule has 0 radical (unpaired) electrons. The number of anilines is 1. The smallest absolute Gasteiger partial charge is 0.279 e. The summed E-state index contributed by atoms with van der Waals surface area (Å²) in [7, 11) is 0. The van der Waals surface area contributed by atoms with Gasteiger partial charge in [-0.25, -0.2) is 4.98 Å². The lowest BCUT2D eigenvalue weighted by Crippen LogP contribution is -2.12. The van der Waals surface area contributed by atoms with Crippen LogP contribution in [0.4, 0.5) is 5.82 Å². The summed E-state index contributed by atoms with van der Waals surface area (Å²) in [5, 5.41) is 6.42. The number of hydrogen-bond donors (Lipinski definition) is 1. The maximum Gasteiger partial charge on any atom is 0.279 e. The molecule has 0 bridgehead atoms. The van der Waals surface area contributed by atoms with Crippen molar-refractivity contribution in [2.24, 2.45) is 0 Å². The van der Waals surface area contributed by atoms with Crippen LogP contribution in [-0.2, 0) is 0 Å². The molecule has 5 heteroatoms. The van der Waals surface area contributed by atoms with Gasteiger partial charge < -0.3 is 9.84 Å². The van der Waals surface area contributed by atoms with Crippen molar-refractivity contribution in [1.82, 2.24) is 10.1 Å². The van der Waals surface area contributed by atoms with Crippen LogP contribution in [-0.4, -0.2) is 16.0 Å². The van der Waals surface area contributed by atoms with Crippen molar-refractivity contribution in [3.05, 3.63) is 41.9 Å². The van der Waals surface area contributed by atoms with Crippen molar-refractivity contribution in [2.75, 3.05) is 5.32 Å². The van der Waals surface area contributed by atoms with Crippen LogP contribution in [0.2, 0.25) is 0 Å². The average Bonchev–Trinajstić information content (AvgIpc) is 3.08. The van der Waals surface area contributed by atoms with E-state index in [4.69, 9.17) is 4.52 Å². The maximum atomic E-state index is 11.8. The first-order chi connectivity index (χ1) is 8.33. The molecule has 1 aliphatic rings. The molecule has 1 aliphatic carbocycles. The predicted molar refractivity (Wildman–Crippen MR) is 60.7 cm³/mol. The Bertz CT molecular complexity index is 532. The van der Waals surface area contributed by atoms with Crippen LogP contribution < -0.4 is 5.32 Å². The predicted octanol–water partition coefficient (Wildman–Crippen LogP) is 2.20. The molecule has 2 aromatic heterocycles. The monoisotopic (exact) mass is 229 g/mol. The highest BCUT2D eigenvalue weighted by Gasteiger charge is 2.28. The van der Waals surface area contributed by atoms with Gasteiger partial charge in [0.25, 0.3) is 5.91 Å². The van der Waals surface area contributed by atoms with Crippen molar-refractivity contribution in [2.45, 2.75) is 18.8 Å². The Morgan fingerprint density at radius 2 is 2.29 bits per heavy atom. The number of carbonyl (C=O) groups is 1. The number of rotatable bonds is 3. The molecular formula is C12H11N3O2. The third-order valence-electron chi connectivity index (χ3n) is 2.65. The molecule has 1 saturated carbocycles. The minimum absolute atomic E-state index is 0.292. The summed E-state index contributed by atoms with van der Waals surface area (Å²) in [6.45, 7) is 0. The number of carbonyl (C=O) groups excluding carboxylic acids is 1. The van der Waals surface area contributed by atoms with E-state index in [0.717, 1.165) is 18.6 Å². The summed E-state index contributed by atoms with van der Waals surface area (Å²) < 4.78 is 5.12. The minimum atomic E-state index is -0.292. The van der Waals surface area contributed by atoms with Crippen molar-refractivity contribution in [3.8, 4) is 0 Å². The molecule has 0 spiro atoms. The Labute approximate surface area is 97.8 Å². The Kier molecular flexibility index (Phi) is 2.36. The highest BCUT2D eigenvalue weighted by molar-refractivity contribution is 6.02. The van der Waals surface area contributed by atoms with Gasteiger partial charge in [0.05, 0.1) is 0 Å². The lowest BCUT2D eigenvalue weighted by Gasteiger charge is -1.99. The van der Waals surface area contributed by atoms with Gasteiger partial charge in [-0.15, -0.1) is 0 Å². The molecule has 1 amide bonds. The fraction of sp³-hybridized carbons (Fsp3) is 0.250. The van der Waals surface area contributed by atoms with Gasteiger partial charge in [-0.3, -0.25) is 4.79 Å². The van der Waals surface area contributed by atoms with Crippen LogP contribution >= 0.6 is 0 Å². The molecule has 3 rings (SSSR count). The van der Waals surface area contributed by atoms with Gasteiger partial charge in [0.1, 0.15) is 11.6 Å². The van der Waals surface area contributed by atoms with E-state index < -0.39 is 0 Å². The van der Waals surface area contributed by atoms with E-state index in [2.05, 4.69) is 15.5 Å². The highest BCUT2D eigenvalue weighted by Crippen LogP contribution is 2.40. The first-order valence-corrected chi connectivity index (χ1v) is 5.52. The molecule has 17 heavy (non-hydrogen) atoms. The average molecular weight is 229 g/mol. The summed E-state index contributed by atoms with van der Waals surface area (Å²) in [5.74, 6) is 1.47. The second kappa shape index (κ2) is 4.01.